The molecule has 2 aromatic rings. The normalized spacial score (nSPS) is 12.4. The minimum absolute atomic E-state index is 0.125. The molecule has 2 rings (SSSR count). The molecule has 6 heteroatoms. The smallest absolute Gasteiger partial charge is 0.343 e. The number of ether oxygens (including phenoxy) is 4. The molecule has 0 radical (unpaired) electrons. The Morgan fingerprint density at radius 3 is 2.34 bits per heavy atom. The van der Waals surface area contributed by atoms with Gasteiger partial charge in [0.2, 0.25) is 0 Å². The Morgan fingerprint density at radius 2 is 1.72 bits per heavy atom. The van der Waals surface area contributed by atoms with Gasteiger partial charge in [0.25, 0.3) is 0 Å². The van der Waals surface area contributed by atoms with Gasteiger partial charge in [-0.25, -0.2) is 4.79 Å². The number of carbonyl (C=O) groups excluding carboxylic acids is 1. The summed E-state index contributed by atoms with van der Waals surface area (Å²) in [5.74, 6) is 1.72. The second-order valence-electron chi connectivity index (χ2n) is 7.02. The largest absolute Gasteiger partial charge is 0.497 e. The van der Waals surface area contributed by atoms with E-state index in [1.807, 2.05) is 62.4 Å². The number of hydrogen-bond acceptors (Lipinski definition) is 5. The second-order valence-corrected chi connectivity index (χ2v) is 7.93. The number of allylic oxidation sites excluding steroid dienone is 5. The number of carbonyl (C=O) groups is 1. The first-order valence-corrected chi connectivity index (χ1v) is 10.9. The molecule has 0 fully saturated rings. The van der Waals surface area contributed by atoms with Crippen molar-refractivity contribution in [2.45, 2.75) is 27.4 Å². The van der Waals surface area contributed by atoms with Crippen molar-refractivity contribution in [1.82, 2.24) is 0 Å². The second kappa shape index (κ2) is 12.8. The van der Waals surface area contributed by atoms with E-state index in [4.69, 9.17) is 14.2 Å². The lowest BCUT2D eigenvalue weighted by molar-refractivity contribution is -0.144. The Bertz CT molecular complexity index is 1000. The average molecular weight is 501 g/mol. The van der Waals surface area contributed by atoms with Crippen LogP contribution >= 0.6 is 15.9 Å². The van der Waals surface area contributed by atoms with Crippen LogP contribution in [0.4, 0.5) is 0 Å². The summed E-state index contributed by atoms with van der Waals surface area (Å²) < 4.78 is 22.4. The Balaban J connectivity index is 2.17. The quantitative estimate of drug-likeness (QED) is 0.209. The molecule has 0 saturated heterocycles. The maximum atomic E-state index is 11.3. The molecule has 0 amide bonds. The standard InChI is InChI=1S/C26H29BrO5/c1-6-7-25(12-18(2)19(3)31-17-26(28)30-5)32-16-20-13-22(15-23(27)14-20)21-8-10-24(29-4)11-9-21/h6-15H,16-17H2,1-5H3/b7-6-,19-18+,25-12+. The van der Waals surface area contributed by atoms with E-state index in [9.17, 15) is 4.79 Å². The molecule has 0 saturated carbocycles. The van der Waals surface area contributed by atoms with E-state index in [0.29, 0.717) is 18.1 Å². The zero-order chi connectivity index (χ0) is 23.5. The molecular formula is C26H29BrO5. The SMILES string of the molecule is C\C=C/C(=C\C(C)=C(/C)OCC(=O)OC)OCc1cc(Br)cc(-c2ccc(OC)cc2)c1. The third-order valence-corrected chi connectivity index (χ3v) is 5.12. The molecule has 0 aliphatic rings. The zero-order valence-corrected chi connectivity index (χ0v) is 20.7. The van der Waals surface area contributed by atoms with Crippen LogP contribution in [0.3, 0.4) is 0 Å². The molecule has 0 unspecified atom stereocenters. The summed E-state index contributed by atoms with van der Waals surface area (Å²) in [6, 6.07) is 14.2. The number of hydrogen-bond donors (Lipinski definition) is 0. The summed E-state index contributed by atoms with van der Waals surface area (Å²) in [7, 11) is 2.99. The van der Waals surface area contributed by atoms with Gasteiger partial charge in [-0.15, -0.1) is 0 Å². The van der Waals surface area contributed by atoms with Crippen molar-refractivity contribution in [3.63, 3.8) is 0 Å². The van der Waals surface area contributed by atoms with E-state index in [0.717, 1.165) is 32.5 Å². The highest BCUT2D eigenvalue weighted by atomic mass is 79.9. The fourth-order valence-corrected chi connectivity index (χ4v) is 3.35. The molecule has 0 bridgehead atoms. The van der Waals surface area contributed by atoms with Gasteiger partial charge in [-0.1, -0.05) is 34.1 Å². The van der Waals surface area contributed by atoms with E-state index in [2.05, 4.69) is 32.8 Å². The van der Waals surface area contributed by atoms with E-state index in [1.165, 1.54) is 7.11 Å². The van der Waals surface area contributed by atoms with Crippen LogP contribution in [-0.4, -0.2) is 26.8 Å². The molecule has 0 spiro atoms. The minimum Gasteiger partial charge on any atom is -0.497 e. The molecule has 0 N–H and O–H groups in total. The Morgan fingerprint density at radius 1 is 1.00 bits per heavy atom. The number of rotatable bonds is 10. The molecule has 170 valence electrons. The van der Waals surface area contributed by atoms with Gasteiger partial charge in [0.15, 0.2) is 6.61 Å². The number of methoxy groups -OCH3 is 2. The van der Waals surface area contributed by atoms with Gasteiger partial charge in [-0.3, -0.25) is 0 Å². The van der Waals surface area contributed by atoms with Crippen molar-refractivity contribution in [2.75, 3.05) is 20.8 Å². The van der Waals surface area contributed by atoms with Crippen molar-refractivity contribution < 1.29 is 23.7 Å². The van der Waals surface area contributed by atoms with Crippen LogP contribution in [0.2, 0.25) is 0 Å². The molecule has 2 aromatic carbocycles. The Labute approximate surface area is 198 Å². The van der Waals surface area contributed by atoms with Crippen LogP contribution in [-0.2, 0) is 25.6 Å². The van der Waals surface area contributed by atoms with E-state index in [1.54, 1.807) is 14.0 Å². The van der Waals surface area contributed by atoms with Crippen LogP contribution in [0.5, 0.6) is 5.75 Å². The van der Waals surface area contributed by atoms with Crippen LogP contribution in [0.25, 0.3) is 11.1 Å². The molecular weight excluding hydrogens is 472 g/mol. The van der Waals surface area contributed by atoms with Gasteiger partial charge in [0.1, 0.15) is 18.1 Å². The van der Waals surface area contributed by atoms with Crippen LogP contribution in [0.1, 0.15) is 26.3 Å². The van der Waals surface area contributed by atoms with Crippen molar-refractivity contribution in [1.29, 1.82) is 0 Å². The lowest BCUT2D eigenvalue weighted by Gasteiger charge is -2.12. The summed E-state index contributed by atoms with van der Waals surface area (Å²) >= 11 is 3.60. The molecule has 0 aromatic heterocycles. The first-order valence-electron chi connectivity index (χ1n) is 10.1. The summed E-state index contributed by atoms with van der Waals surface area (Å²) in [6.45, 7) is 5.91. The first-order chi connectivity index (χ1) is 15.4. The number of benzene rings is 2. The van der Waals surface area contributed by atoms with Crippen LogP contribution in [0.15, 0.2) is 82.3 Å². The topological polar surface area (TPSA) is 54.0 Å². The summed E-state index contributed by atoms with van der Waals surface area (Å²) in [6.07, 6.45) is 5.68. The molecule has 0 atom stereocenters. The van der Waals surface area contributed by atoms with E-state index >= 15 is 0 Å². The fraction of sp³-hybridized carbons (Fsp3) is 0.269. The lowest BCUT2D eigenvalue weighted by Crippen LogP contribution is -2.09. The average Bonchev–Trinajstić information content (AvgIpc) is 2.80. The van der Waals surface area contributed by atoms with Crippen molar-refractivity contribution in [2.24, 2.45) is 0 Å². The van der Waals surface area contributed by atoms with Gasteiger partial charge in [-0.05, 0) is 85.5 Å². The summed E-state index contributed by atoms with van der Waals surface area (Å²) in [4.78, 5) is 11.3. The van der Waals surface area contributed by atoms with Gasteiger partial charge in [0, 0.05) is 4.47 Å². The highest BCUT2D eigenvalue weighted by molar-refractivity contribution is 9.10. The maximum Gasteiger partial charge on any atom is 0.343 e. The fourth-order valence-electron chi connectivity index (χ4n) is 2.81. The first kappa shape index (κ1) is 25.3. The molecule has 32 heavy (non-hydrogen) atoms. The molecule has 0 aliphatic heterocycles. The third-order valence-electron chi connectivity index (χ3n) is 4.67. The molecule has 0 aliphatic carbocycles. The van der Waals surface area contributed by atoms with Gasteiger partial charge >= 0.3 is 5.97 Å². The number of esters is 1. The zero-order valence-electron chi connectivity index (χ0n) is 19.1. The Kier molecular flexibility index (Phi) is 10.1. The van der Waals surface area contributed by atoms with Crippen molar-refractivity contribution in [3.05, 3.63) is 87.8 Å². The minimum atomic E-state index is -0.423. The maximum absolute atomic E-state index is 11.3. The summed E-state index contributed by atoms with van der Waals surface area (Å²) in [5, 5.41) is 0. The highest BCUT2D eigenvalue weighted by Gasteiger charge is 2.06. The molecule has 5 nitrogen and oxygen atoms in total. The summed E-state index contributed by atoms with van der Waals surface area (Å²) in [5.41, 5.74) is 4.06. The number of halogens is 1. The lowest BCUT2D eigenvalue weighted by atomic mass is 10.0. The van der Waals surface area contributed by atoms with Crippen molar-refractivity contribution >= 4 is 21.9 Å². The molecule has 0 heterocycles. The van der Waals surface area contributed by atoms with Crippen LogP contribution in [0, 0.1) is 0 Å². The third kappa shape index (κ3) is 7.93. The predicted molar refractivity (Wildman–Crippen MR) is 130 cm³/mol. The van der Waals surface area contributed by atoms with E-state index < -0.39 is 5.97 Å². The van der Waals surface area contributed by atoms with Crippen molar-refractivity contribution in [3.8, 4) is 16.9 Å². The Hall–Kier alpha value is -2.99. The highest BCUT2D eigenvalue weighted by Crippen LogP contribution is 2.27. The van der Waals surface area contributed by atoms with Gasteiger partial charge in [0.05, 0.1) is 20.0 Å². The van der Waals surface area contributed by atoms with Gasteiger partial charge in [-0.2, -0.15) is 0 Å². The van der Waals surface area contributed by atoms with E-state index in [-0.39, 0.29) is 6.61 Å². The monoisotopic (exact) mass is 500 g/mol. The van der Waals surface area contributed by atoms with Crippen LogP contribution < -0.4 is 4.74 Å². The predicted octanol–water partition coefficient (Wildman–Crippen LogP) is 6.58. The van der Waals surface area contributed by atoms with Gasteiger partial charge < -0.3 is 18.9 Å².